The molecule has 1 unspecified atom stereocenters. The van der Waals surface area contributed by atoms with Crippen LogP contribution >= 0.6 is 11.6 Å². The van der Waals surface area contributed by atoms with Gasteiger partial charge >= 0.3 is 0 Å². The van der Waals surface area contributed by atoms with Crippen LogP contribution in [-0.4, -0.2) is 30.4 Å². The molecule has 1 aromatic carbocycles. The number of rotatable bonds is 8. The molecule has 3 nitrogen and oxygen atoms in total. The van der Waals surface area contributed by atoms with Gasteiger partial charge in [-0.25, -0.2) is 0 Å². The maximum atomic E-state index is 10.0. The van der Waals surface area contributed by atoms with Crippen molar-refractivity contribution in [1.29, 1.82) is 0 Å². The van der Waals surface area contributed by atoms with Crippen molar-refractivity contribution in [1.82, 2.24) is 5.32 Å². The highest BCUT2D eigenvalue weighted by molar-refractivity contribution is 6.30. The molecule has 0 aromatic heterocycles. The Morgan fingerprint density at radius 3 is 2.30 bits per heavy atom. The Morgan fingerprint density at radius 1 is 1.15 bits per heavy atom. The molecule has 0 bridgehead atoms. The van der Waals surface area contributed by atoms with Gasteiger partial charge in [0.05, 0.1) is 0 Å². The van der Waals surface area contributed by atoms with E-state index in [1.165, 1.54) is 25.7 Å². The number of nitrogens with one attached hydrogen (secondary N) is 1. The Labute approximate surface area is 125 Å². The van der Waals surface area contributed by atoms with Gasteiger partial charge in [-0.15, -0.1) is 0 Å². The molecule has 2 saturated carbocycles. The smallest absolute Gasteiger partial charge is 0.119 e. The van der Waals surface area contributed by atoms with E-state index in [1.807, 2.05) is 12.1 Å². The number of ether oxygens (including phenoxy) is 1. The predicted molar refractivity (Wildman–Crippen MR) is 80.2 cm³/mol. The van der Waals surface area contributed by atoms with Crippen molar-refractivity contribution < 1.29 is 9.84 Å². The van der Waals surface area contributed by atoms with Gasteiger partial charge in [-0.3, -0.25) is 0 Å². The second-order valence-corrected chi connectivity index (χ2v) is 6.46. The zero-order valence-electron chi connectivity index (χ0n) is 11.6. The van der Waals surface area contributed by atoms with Crippen molar-refractivity contribution in [2.75, 3.05) is 13.2 Å². The molecule has 1 aromatic rings. The lowest BCUT2D eigenvalue weighted by Crippen LogP contribution is -2.40. The van der Waals surface area contributed by atoms with E-state index >= 15 is 0 Å². The fraction of sp³-hybridized carbons (Fsp3) is 0.625. The highest BCUT2D eigenvalue weighted by atomic mass is 35.5. The molecule has 0 saturated heterocycles. The topological polar surface area (TPSA) is 41.5 Å². The van der Waals surface area contributed by atoms with Gasteiger partial charge < -0.3 is 15.2 Å². The zero-order valence-corrected chi connectivity index (χ0v) is 12.4. The molecule has 2 fully saturated rings. The molecule has 3 rings (SSSR count). The number of halogens is 1. The lowest BCUT2D eigenvalue weighted by molar-refractivity contribution is 0.102. The molecule has 110 valence electrons. The third-order valence-electron chi connectivity index (χ3n) is 4.10. The minimum atomic E-state index is -0.467. The van der Waals surface area contributed by atoms with E-state index < -0.39 is 6.10 Å². The van der Waals surface area contributed by atoms with E-state index in [-0.39, 0.29) is 0 Å². The molecular formula is C16H22ClNO2. The summed E-state index contributed by atoms with van der Waals surface area (Å²) in [4.78, 5) is 0. The first kappa shape index (κ1) is 14.2. The van der Waals surface area contributed by atoms with Crippen LogP contribution in [0.15, 0.2) is 24.3 Å². The van der Waals surface area contributed by atoms with Gasteiger partial charge in [-0.05, 0) is 61.8 Å². The lowest BCUT2D eigenvalue weighted by Gasteiger charge is -2.20. The first-order chi connectivity index (χ1) is 9.72. The van der Waals surface area contributed by atoms with E-state index in [0.29, 0.717) is 24.2 Å². The molecule has 1 atom stereocenters. The van der Waals surface area contributed by atoms with Crippen molar-refractivity contribution in [3.8, 4) is 5.75 Å². The van der Waals surface area contributed by atoms with Crippen LogP contribution in [0.25, 0.3) is 0 Å². The number of hydrogen-bond donors (Lipinski definition) is 2. The van der Waals surface area contributed by atoms with Crippen molar-refractivity contribution in [2.24, 2.45) is 11.8 Å². The zero-order chi connectivity index (χ0) is 13.9. The number of hydrogen-bond acceptors (Lipinski definition) is 3. The normalized spacial score (nSPS) is 20.1. The summed E-state index contributed by atoms with van der Waals surface area (Å²) in [6.45, 7) is 0.932. The molecule has 0 spiro atoms. The molecule has 2 aliphatic rings. The van der Waals surface area contributed by atoms with E-state index in [0.717, 1.165) is 17.6 Å². The van der Waals surface area contributed by atoms with Crippen LogP contribution in [0.5, 0.6) is 5.75 Å². The quantitative estimate of drug-likeness (QED) is 0.775. The van der Waals surface area contributed by atoms with Crippen LogP contribution in [0.3, 0.4) is 0 Å². The Bertz CT molecular complexity index is 417. The fourth-order valence-electron chi connectivity index (χ4n) is 2.68. The standard InChI is InChI=1S/C16H22ClNO2/c17-13-5-7-15(8-6-13)20-10-14(19)9-18-16(11-1-2-11)12-3-4-12/h5-8,11-12,14,16,18-19H,1-4,9-10H2. The van der Waals surface area contributed by atoms with Crippen LogP contribution in [-0.2, 0) is 0 Å². The Hall–Kier alpha value is -0.770. The molecule has 2 N–H and O–H groups in total. The third-order valence-corrected chi connectivity index (χ3v) is 4.36. The summed E-state index contributed by atoms with van der Waals surface area (Å²) in [5.74, 6) is 2.45. The predicted octanol–water partition coefficient (Wildman–Crippen LogP) is 2.86. The second kappa shape index (κ2) is 6.33. The molecule has 4 heteroatoms. The third kappa shape index (κ3) is 4.11. The SMILES string of the molecule is OC(CNC(C1CC1)C1CC1)COc1ccc(Cl)cc1. The molecule has 0 aliphatic heterocycles. The largest absolute Gasteiger partial charge is 0.491 e. The molecule has 2 aliphatic carbocycles. The minimum Gasteiger partial charge on any atom is -0.491 e. The van der Waals surface area contributed by atoms with Gasteiger partial charge in [-0.1, -0.05) is 11.6 Å². The average Bonchev–Trinajstić information content (AvgIpc) is 3.31. The molecule has 0 radical (unpaired) electrons. The van der Waals surface area contributed by atoms with Gasteiger partial charge in [-0.2, -0.15) is 0 Å². The van der Waals surface area contributed by atoms with Gasteiger partial charge in [0.1, 0.15) is 18.5 Å². The first-order valence-electron chi connectivity index (χ1n) is 7.52. The van der Waals surface area contributed by atoms with Crippen molar-refractivity contribution in [2.45, 2.75) is 37.8 Å². The van der Waals surface area contributed by atoms with E-state index in [2.05, 4.69) is 5.32 Å². The Morgan fingerprint density at radius 2 is 1.75 bits per heavy atom. The maximum absolute atomic E-state index is 10.0. The van der Waals surface area contributed by atoms with Crippen molar-refractivity contribution in [3.05, 3.63) is 29.3 Å². The fourth-order valence-corrected chi connectivity index (χ4v) is 2.81. The molecular weight excluding hydrogens is 274 g/mol. The number of aliphatic hydroxyl groups is 1. The molecule has 20 heavy (non-hydrogen) atoms. The van der Waals surface area contributed by atoms with Crippen LogP contribution in [0.1, 0.15) is 25.7 Å². The van der Waals surface area contributed by atoms with Gasteiger partial charge in [0.25, 0.3) is 0 Å². The summed E-state index contributed by atoms with van der Waals surface area (Å²) in [7, 11) is 0. The monoisotopic (exact) mass is 295 g/mol. The average molecular weight is 296 g/mol. The van der Waals surface area contributed by atoms with E-state index in [9.17, 15) is 5.11 Å². The summed E-state index contributed by atoms with van der Waals surface area (Å²) in [6, 6.07) is 7.84. The maximum Gasteiger partial charge on any atom is 0.119 e. The van der Waals surface area contributed by atoms with Crippen LogP contribution in [0, 0.1) is 11.8 Å². The summed E-state index contributed by atoms with van der Waals surface area (Å²) >= 11 is 5.82. The van der Waals surface area contributed by atoms with Crippen molar-refractivity contribution >= 4 is 11.6 Å². The van der Waals surface area contributed by atoms with E-state index in [4.69, 9.17) is 16.3 Å². The van der Waals surface area contributed by atoms with Crippen LogP contribution < -0.4 is 10.1 Å². The summed E-state index contributed by atoms with van der Waals surface area (Å²) in [6.07, 6.45) is 4.94. The summed E-state index contributed by atoms with van der Waals surface area (Å²) in [5.41, 5.74) is 0. The lowest BCUT2D eigenvalue weighted by atomic mass is 10.1. The van der Waals surface area contributed by atoms with Crippen LogP contribution in [0.2, 0.25) is 5.02 Å². The second-order valence-electron chi connectivity index (χ2n) is 6.03. The van der Waals surface area contributed by atoms with E-state index in [1.54, 1.807) is 12.1 Å². The molecule has 0 amide bonds. The highest BCUT2D eigenvalue weighted by Gasteiger charge is 2.41. The first-order valence-corrected chi connectivity index (χ1v) is 7.90. The highest BCUT2D eigenvalue weighted by Crippen LogP contribution is 2.44. The van der Waals surface area contributed by atoms with Crippen molar-refractivity contribution in [3.63, 3.8) is 0 Å². The Kier molecular flexibility index (Phi) is 4.49. The number of aliphatic hydroxyl groups excluding tert-OH is 1. The van der Waals surface area contributed by atoms with Gasteiger partial charge in [0.15, 0.2) is 0 Å². The Balaban J connectivity index is 1.38. The van der Waals surface area contributed by atoms with Crippen LogP contribution in [0.4, 0.5) is 0 Å². The minimum absolute atomic E-state index is 0.316. The number of benzene rings is 1. The summed E-state index contributed by atoms with van der Waals surface area (Å²) < 4.78 is 5.56. The summed E-state index contributed by atoms with van der Waals surface area (Å²) in [5, 5.41) is 14.2. The molecule has 0 heterocycles. The van der Waals surface area contributed by atoms with Gasteiger partial charge in [0.2, 0.25) is 0 Å². The van der Waals surface area contributed by atoms with Gasteiger partial charge in [0, 0.05) is 17.6 Å².